The third-order valence-corrected chi connectivity index (χ3v) is 10.7. The highest BCUT2D eigenvalue weighted by atomic mass is 14.1. The highest BCUT2D eigenvalue weighted by Gasteiger charge is 2.08. The number of aryl methyl sites for hydroxylation is 2. The third-order valence-electron chi connectivity index (χ3n) is 10.7. The minimum atomic E-state index is 1.27. The van der Waals surface area contributed by atoms with E-state index in [1.54, 1.807) is 11.1 Å². The minimum Gasteiger partial charge on any atom is -0.0654 e. The van der Waals surface area contributed by atoms with Gasteiger partial charge in [0.15, 0.2) is 0 Å². The highest BCUT2D eigenvalue weighted by Crippen LogP contribution is 2.27. The van der Waals surface area contributed by atoms with E-state index in [1.165, 1.54) is 229 Å². The van der Waals surface area contributed by atoms with Gasteiger partial charge >= 0.3 is 0 Å². The summed E-state index contributed by atoms with van der Waals surface area (Å²) >= 11 is 0. The number of unbranched alkanes of at least 4 members (excludes halogenated alkanes) is 30. The lowest BCUT2D eigenvalue weighted by molar-refractivity contribution is 0.528. The van der Waals surface area contributed by atoms with E-state index in [2.05, 4.69) is 50.2 Å². The molecule has 2 aromatic carbocycles. The summed E-state index contributed by atoms with van der Waals surface area (Å²) in [5, 5.41) is 2.96. The lowest BCUT2D eigenvalue weighted by atomic mass is 9.91. The summed E-state index contributed by atoms with van der Waals surface area (Å²) < 4.78 is 0. The van der Waals surface area contributed by atoms with E-state index in [9.17, 15) is 0 Å². The van der Waals surface area contributed by atoms with Gasteiger partial charge < -0.3 is 0 Å². The van der Waals surface area contributed by atoms with Gasteiger partial charge in [-0.15, -0.1) is 0 Å². The van der Waals surface area contributed by atoms with Crippen LogP contribution in [0.25, 0.3) is 10.8 Å². The van der Waals surface area contributed by atoms with Crippen LogP contribution in [0.4, 0.5) is 0 Å². The third kappa shape index (κ3) is 21.5. The molecule has 0 aliphatic heterocycles. The van der Waals surface area contributed by atoms with Crippen molar-refractivity contribution in [2.75, 3.05) is 0 Å². The smallest absolute Gasteiger partial charge is 0.0149 e. The van der Waals surface area contributed by atoms with E-state index in [-0.39, 0.29) is 0 Å². The summed E-state index contributed by atoms with van der Waals surface area (Å²) in [5.41, 5.74) is 3.31. The Morgan fingerprint density at radius 3 is 1.02 bits per heavy atom. The van der Waals surface area contributed by atoms with Crippen LogP contribution >= 0.6 is 0 Å². The van der Waals surface area contributed by atoms with Crippen molar-refractivity contribution >= 4 is 10.8 Å². The van der Waals surface area contributed by atoms with Gasteiger partial charge in [-0.05, 0) is 47.6 Å². The molecule has 0 unspecified atom stereocenters. The fraction of sp³-hybridized carbons (Fsp3) is 0.783. The quantitative estimate of drug-likeness (QED) is 0.0673. The van der Waals surface area contributed by atoms with Crippen molar-refractivity contribution in [1.29, 1.82) is 0 Å². The summed E-state index contributed by atoms with van der Waals surface area (Å²) in [7, 11) is 0. The molecule has 0 saturated heterocycles. The molecule has 0 radical (unpaired) electrons. The van der Waals surface area contributed by atoms with Crippen molar-refractivity contribution in [3.63, 3.8) is 0 Å². The Bertz CT molecular complexity index is 909. The highest BCUT2D eigenvalue weighted by molar-refractivity contribution is 5.86. The molecule has 0 aliphatic rings. The van der Waals surface area contributed by atoms with Crippen molar-refractivity contribution in [2.24, 2.45) is 0 Å². The Kier molecular flexibility index (Phi) is 27.5. The van der Waals surface area contributed by atoms with Crippen LogP contribution in [0, 0.1) is 0 Å². The average Bonchev–Trinajstić information content (AvgIpc) is 3.08. The molecule has 0 aromatic heterocycles. The van der Waals surface area contributed by atoms with Crippen LogP contribution in [0.1, 0.15) is 230 Å². The second kappa shape index (κ2) is 31.0. The number of fused-ring (bicyclic) bond motifs is 1. The number of hydrogen-bond acceptors (Lipinski definition) is 0. The normalized spacial score (nSPS) is 11.6. The molecule has 0 amide bonds. The first-order chi connectivity index (χ1) is 22.9. The van der Waals surface area contributed by atoms with Gasteiger partial charge in [0.2, 0.25) is 0 Å². The van der Waals surface area contributed by atoms with E-state index >= 15 is 0 Å². The SMILES string of the molecule is CCCCCCCCCCCCCCCCCCc1ccc2ccccc2c1CCCCCCCCCCCCCCCCCC. The maximum atomic E-state index is 2.47. The Morgan fingerprint density at radius 2 is 0.630 bits per heavy atom. The molecule has 0 bridgehead atoms. The molecule has 0 heterocycles. The lowest BCUT2D eigenvalue weighted by Gasteiger charge is -2.14. The summed E-state index contributed by atoms with van der Waals surface area (Å²) in [6.45, 7) is 4.62. The summed E-state index contributed by atoms with van der Waals surface area (Å²) in [4.78, 5) is 0. The van der Waals surface area contributed by atoms with E-state index in [1.807, 2.05) is 0 Å². The van der Waals surface area contributed by atoms with Crippen LogP contribution in [0.2, 0.25) is 0 Å². The molecule has 0 heteroatoms. The minimum absolute atomic E-state index is 1.27. The topological polar surface area (TPSA) is 0 Å². The fourth-order valence-electron chi connectivity index (χ4n) is 7.62. The molecule has 0 N–H and O–H groups in total. The molecule has 46 heavy (non-hydrogen) atoms. The van der Waals surface area contributed by atoms with E-state index in [4.69, 9.17) is 0 Å². The van der Waals surface area contributed by atoms with Gasteiger partial charge in [0.1, 0.15) is 0 Å². The molecule has 0 fully saturated rings. The van der Waals surface area contributed by atoms with Crippen LogP contribution in [-0.4, -0.2) is 0 Å². The molecular weight excluding hydrogens is 553 g/mol. The Balaban J connectivity index is 1.50. The summed E-state index contributed by atoms with van der Waals surface area (Å²) in [6, 6.07) is 14.0. The van der Waals surface area contributed by atoms with Crippen molar-refractivity contribution in [3.05, 3.63) is 47.5 Å². The second-order valence-electron chi connectivity index (χ2n) is 15.0. The number of rotatable bonds is 34. The van der Waals surface area contributed by atoms with Gasteiger partial charge in [0.25, 0.3) is 0 Å². The molecule has 0 spiro atoms. The Labute approximate surface area is 289 Å². The van der Waals surface area contributed by atoms with Gasteiger partial charge in [0, 0.05) is 0 Å². The molecule has 0 nitrogen and oxygen atoms in total. The van der Waals surface area contributed by atoms with Crippen LogP contribution in [0.5, 0.6) is 0 Å². The fourth-order valence-corrected chi connectivity index (χ4v) is 7.62. The van der Waals surface area contributed by atoms with E-state index in [0.29, 0.717) is 0 Å². The van der Waals surface area contributed by atoms with Crippen LogP contribution in [0.15, 0.2) is 36.4 Å². The Hall–Kier alpha value is -1.30. The molecule has 0 atom stereocenters. The molecule has 0 aliphatic carbocycles. The molecular formula is C46H80. The first kappa shape index (κ1) is 40.9. The monoisotopic (exact) mass is 633 g/mol. The number of hydrogen-bond donors (Lipinski definition) is 0. The van der Waals surface area contributed by atoms with Gasteiger partial charge in [-0.1, -0.05) is 243 Å². The molecule has 264 valence electrons. The molecule has 0 saturated carbocycles. The molecule has 2 aromatic rings. The first-order valence-corrected chi connectivity index (χ1v) is 21.4. The Morgan fingerprint density at radius 1 is 0.304 bits per heavy atom. The van der Waals surface area contributed by atoms with Crippen LogP contribution in [-0.2, 0) is 12.8 Å². The standard InChI is InChI=1S/C46H80/c1-3-5-7-9-11-13-15-17-19-21-23-25-27-29-31-33-37-43-41-42-44-38-35-36-40-46(44)45(43)39-34-32-30-28-26-24-22-20-18-16-14-12-10-8-6-4-2/h35-36,38,40-42H,3-34,37,39H2,1-2H3. The first-order valence-electron chi connectivity index (χ1n) is 21.4. The summed E-state index contributed by atoms with van der Waals surface area (Å²) in [6.07, 6.45) is 48.8. The summed E-state index contributed by atoms with van der Waals surface area (Å²) in [5.74, 6) is 0. The van der Waals surface area contributed by atoms with Crippen molar-refractivity contribution < 1.29 is 0 Å². The van der Waals surface area contributed by atoms with Crippen molar-refractivity contribution in [3.8, 4) is 0 Å². The zero-order chi connectivity index (χ0) is 32.6. The van der Waals surface area contributed by atoms with Crippen LogP contribution in [0.3, 0.4) is 0 Å². The maximum absolute atomic E-state index is 2.47. The number of benzene rings is 2. The van der Waals surface area contributed by atoms with E-state index in [0.717, 1.165) is 0 Å². The predicted molar refractivity (Wildman–Crippen MR) is 210 cm³/mol. The van der Waals surface area contributed by atoms with Crippen molar-refractivity contribution in [2.45, 2.75) is 232 Å². The van der Waals surface area contributed by atoms with E-state index < -0.39 is 0 Å². The van der Waals surface area contributed by atoms with Gasteiger partial charge in [0.05, 0.1) is 0 Å². The second-order valence-corrected chi connectivity index (χ2v) is 15.0. The average molecular weight is 633 g/mol. The van der Waals surface area contributed by atoms with Gasteiger partial charge in [-0.3, -0.25) is 0 Å². The largest absolute Gasteiger partial charge is 0.0654 e. The van der Waals surface area contributed by atoms with Crippen molar-refractivity contribution in [1.82, 2.24) is 0 Å². The van der Waals surface area contributed by atoms with Crippen LogP contribution < -0.4 is 0 Å². The molecule has 2 rings (SSSR count). The maximum Gasteiger partial charge on any atom is -0.0149 e. The zero-order valence-corrected chi connectivity index (χ0v) is 31.5. The predicted octanol–water partition coefficient (Wildman–Crippen LogP) is 16.4. The van der Waals surface area contributed by atoms with Gasteiger partial charge in [-0.2, -0.15) is 0 Å². The lowest BCUT2D eigenvalue weighted by Crippen LogP contribution is -1.97. The zero-order valence-electron chi connectivity index (χ0n) is 31.5. The van der Waals surface area contributed by atoms with Gasteiger partial charge in [-0.25, -0.2) is 0 Å².